The number of aryl methyl sites for hydroxylation is 1. The van der Waals surface area contributed by atoms with E-state index in [-0.39, 0.29) is 17.9 Å². The molecule has 124 valence electrons. The fourth-order valence-corrected chi connectivity index (χ4v) is 3.66. The van der Waals surface area contributed by atoms with Gasteiger partial charge in [-0.25, -0.2) is 0 Å². The first-order valence-corrected chi connectivity index (χ1v) is 8.35. The molecule has 3 atom stereocenters. The van der Waals surface area contributed by atoms with Crippen molar-refractivity contribution in [2.24, 2.45) is 11.8 Å². The Morgan fingerprint density at radius 1 is 1.22 bits per heavy atom. The number of likely N-dealkylation sites (tertiary alicyclic amines) is 1. The Kier molecular flexibility index (Phi) is 4.66. The topological polar surface area (TPSA) is 61.4 Å². The number of benzene rings is 1. The molecule has 2 amide bonds. The molecule has 1 aromatic rings. The molecule has 2 saturated heterocycles. The number of rotatable bonds is 4. The van der Waals surface area contributed by atoms with Crippen molar-refractivity contribution in [3.05, 3.63) is 35.4 Å². The second-order valence-corrected chi connectivity index (χ2v) is 6.85. The Morgan fingerprint density at radius 2 is 1.83 bits per heavy atom. The third kappa shape index (κ3) is 3.72. The number of carbonyl (C=O) groups is 2. The van der Waals surface area contributed by atoms with Crippen LogP contribution in [0.4, 0.5) is 0 Å². The molecule has 5 nitrogen and oxygen atoms in total. The number of hydrogen-bond acceptors (Lipinski definition) is 3. The molecule has 0 aromatic heterocycles. The van der Waals surface area contributed by atoms with Gasteiger partial charge in [-0.15, -0.1) is 0 Å². The molecular formula is C18H25N3O2. The first kappa shape index (κ1) is 16.0. The molecule has 3 rings (SSSR count). The Balaban J connectivity index is 1.67. The molecule has 0 radical (unpaired) electrons. The largest absolute Gasteiger partial charge is 0.349 e. The van der Waals surface area contributed by atoms with E-state index in [4.69, 9.17) is 0 Å². The highest BCUT2D eigenvalue weighted by Crippen LogP contribution is 2.28. The minimum Gasteiger partial charge on any atom is -0.349 e. The van der Waals surface area contributed by atoms with Gasteiger partial charge in [0, 0.05) is 33.1 Å². The van der Waals surface area contributed by atoms with Gasteiger partial charge in [-0.05, 0) is 24.3 Å². The van der Waals surface area contributed by atoms with Crippen molar-refractivity contribution >= 4 is 11.8 Å². The molecule has 0 bridgehead atoms. The number of carbonyl (C=O) groups excluding carboxylic acids is 2. The van der Waals surface area contributed by atoms with Crippen molar-refractivity contribution in [1.82, 2.24) is 15.5 Å². The van der Waals surface area contributed by atoms with Gasteiger partial charge in [-0.1, -0.05) is 29.8 Å². The van der Waals surface area contributed by atoms with Gasteiger partial charge in [0.1, 0.15) is 0 Å². The van der Waals surface area contributed by atoms with Gasteiger partial charge >= 0.3 is 0 Å². The highest BCUT2D eigenvalue weighted by Gasteiger charge is 2.38. The third-order valence-corrected chi connectivity index (χ3v) is 4.98. The van der Waals surface area contributed by atoms with Gasteiger partial charge in [0.15, 0.2) is 0 Å². The zero-order valence-electron chi connectivity index (χ0n) is 13.8. The van der Waals surface area contributed by atoms with Gasteiger partial charge in [0.2, 0.25) is 11.8 Å². The highest BCUT2D eigenvalue weighted by molar-refractivity contribution is 5.79. The van der Waals surface area contributed by atoms with E-state index < -0.39 is 0 Å². The van der Waals surface area contributed by atoms with Crippen molar-refractivity contribution in [2.75, 3.05) is 26.2 Å². The molecule has 2 fully saturated rings. The van der Waals surface area contributed by atoms with E-state index in [0.717, 1.165) is 31.7 Å². The van der Waals surface area contributed by atoms with E-state index in [1.807, 2.05) is 36.1 Å². The average Bonchev–Trinajstić information content (AvgIpc) is 3.08. The predicted octanol–water partition coefficient (Wildman–Crippen LogP) is 1.24. The summed E-state index contributed by atoms with van der Waals surface area (Å²) in [7, 11) is 0. The monoisotopic (exact) mass is 315 g/mol. The maximum atomic E-state index is 12.7. The van der Waals surface area contributed by atoms with Crippen LogP contribution in [0.25, 0.3) is 0 Å². The van der Waals surface area contributed by atoms with Crippen LogP contribution in [-0.4, -0.2) is 42.9 Å². The number of nitrogens with one attached hydrogen (secondary N) is 2. The van der Waals surface area contributed by atoms with Crippen LogP contribution in [0.3, 0.4) is 0 Å². The summed E-state index contributed by atoms with van der Waals surface area (Å²) in [6, 6.07) is 7.76. The van der Waals surface area contributed by atoms with Crippen LogP contribution in [-0.2, 0) is 9.59 Å². The lowest BCUT2D eigenvalue weighted by Gasteiger charge is -2.23. The molecule has 2 aliphatic heterocycles. The Morgan fingerprint density at radius 3 is 2.39 bits per heavy atom. The lowest BCUT2D eigenvalue weighted by molar-refractivity contribution is -0.131. The van der Waals surface area contributed by atoms with Gasteiger partial charge in [-0.3, -0.25) is 9.59 Å². The van der Waals surface area contributed by atoms with Crippen LogP contribution >= 0.6 is 0 Å². The van der Waals surface area contributed by atoms with Crippen molar-refractivity contribution < 1.29 is 9.59 Å². The molecule has 23 heavy (non-hydrogen) atoms. The fourth-order valence-electron chi connectivity index (χ4n) is 3.66. The molecule has 1 unspecified atom stereocenters. The van der Waals surface area contributed by atoms with Crippen LogP contribution in [0.5, 0.6) is 0 Å². The van der Waals surface area contributed by atoms with Gasteiger partial charge in [0.05, 0.1) is 12.5 Å². The maximum absolute atomic E-state index is 12.7. The molecular weight excluding hydrogens is 290 g/mol. The summed E-state index contributed by atoms with van der Waals surface area (Å²) in [5, 5.41) is 6.31. The fraction of sp³-hybridized carbons (Fsp3) is 0.556. The minimum atomic E-state index is -0.251. The number of nitrogens with zero attached hydrogens (tertiary/aromatic N) is 1. The summed E-state index contributed by atoms with van der Waals surface area (Å²) in [5.41, 5.74) is 2.15. The standard InChI is InChI=1S/C18H25N3O2/c1-12-3-5-14(6-4-12)17(20-13(2)22)7-18(23)21-10-15-8-19-9-16(15)11-21/h3-6,15-17,19H,7-11H2,1-2H3,(H,20,22)/t15-,16+,17?. The summed E-state index contributed by atoms with van der Waals surface area (Å²) < 4.78 is 0. The Hall–Kier alpha value is -1.88. The lowest BCUT2D eigenvalue weighted by atomic mass is 10.0. The zero-order valence-corrected chi connectivity index (χ0v) is 13.8. The van der Waals surface area contributed by atoms with Gasteiger partial charge in [0.25, 0.3) is 0 Å². The zero-order chi connectivity index (χ0) is 16.4. The first-order chi connectivity index (χ1) is 11.0. The Bertz CT molecular complexity index is 572. The van der Waals surface area contributed by atoms with Crippen LogP contribution in [0.15, 0.2) is 24.3 Å². The summed E-state index contributed by atoms with van der Waals surface area (Å²) in [5.74, 6) is 1.22. The molecule has 2 heterocycles. The lowest BCUT2D eigenvalue weighted by Crippen LogP contribution is -2.36. The molecule has 1 aromatic carbocycles. The third-order valence-electron chi connectivity index (χ3n) is 4.98. The number of hydrogen-bond donors (Lipinski definition) is 2. The van der Waals surface area contributed by atoms with Gasteiger partial charge in [-0.2, -0.15) is 0 Å². The van der Waals surface area contributed by atoms with E-state index in [9.17, 15) is 9.59 Å². The molecule has 0 aliphatic carbocycles. The summed E-state index contributed by atoms with van der Waals surface area (Å²) in [6.07, 6.45) is 0.329. The highest BCUT2D eigenvalue weighted by atomic mass is 16.2. The maximum Gasteiger partial charge on any atom is 0.225 e. The molecule has 2 aliphatic rings. The summed E-state index contributed by atoms with van der Waals surface area (Å²) in [6.45, 7) is 7.24. The normalized spacial score (nSPS) is 24.3. The van der Waals surface area contributed by atoms with Crippen LogP contribution in [0.2, 0.25) is 0 Å². The van der Waals surface area contributed by atoms with Crippen molar-refractivity contribution in [3.8, 4) is 0 Å². The van der Waals surface area contributed by atoms with Crippen LogP contribution in [0.1, 0.15) is 30.5 Å². The second-order valence-electron chi connectivity index (χ2n) is 6.85. The van der Waals surface area contributed by atoms with E-state index >= 15 is 0 Å². The SMILES string of the molecule is CC(=O)NC(CC(=O)N1C[C@H]2CNC[C@H]2C1)c1ccc(C)cc1. The first-order valence-electron chi connectivity index (χ1n) is 8.35. The second kappa shape index (κ2) is 6.71. The van der Waals surface area contributed by atoms with Crippen LogP contribution < -0.4 is 10.6 Å². The smallest absolute Gasteiger partial charge is 0.225 e. The molecule has 0 spiro atoms. The van der Waals surface area contributed by atoms with E-state index in [1.54, 1.807) is 0 Å². The van der Waals surface area contributed by atoms with Crippen molar-refractivity contribution in [3.63, 3.8) is 0 Å². The molecule has 5 heteroatoms. The number of amides is 2. The number of fused-ring (bicyclic) bond motifs is 1. The Labute approximate surface area is 137 Å². The quantitative estimate of drug-likeness (QED) is 0.879. The van der Waals surface area contributed by atoms with E-state index in [2.05, 4.69) is 10.6 Å². The minimum absolute atomic E-state index is 0.106. The molecule has 0 saturated carbocycles. The summed E-state index contributed by atoms with van der Waals surface area (Å²) >= 11 is 0. The van der Waals surface area contributed by atoms with Gasteiger partial charge < -0.3 is 15.5 Å². The van der Waals surface area contributed by atoms with Crippen molar-refractivity contribution in [1.29, 1.82) is 0 Å². The van der Waals surface area contributed by atoms with Crippen molar-refractivity contribution in [2.45, 2.75) is 26.3 Å². The average molecular weight is 315 g/mol. The predicted molar refractivity (Wildman–Crippen MR) is 88.8 cm³/mol. The van der Waals surface area contributed by atoms with E-state index in [0.29, 0.717) is 18.3 Å². The molecule has 2 N–H and O–H groups in total. The van der Waals surface area contributed by atoms with E-state index in [1.165, 1.54) is 12.5 Å². The summed E-state index contributed by atoms with van der Waals surface area (Å²) in [4.78, 5) is 26.1. The van der Waals surface area contributed by atoms with Crippen LogP contribution in [0, 0.1) is 18.8 Å².